The molecule has 5 nitrogen and oxygen atoms in total. The molecule has 1 amide bonds. The first-order valence-electron chi connectivity index (χ1n) is 7.00. The summed E-state index contributed by atoms with van der Waals surface area (Å²) in [5.74, 6) is -0.0208. The molecule has 112 valence electrons. The summed E-state index contributed by atoms with van der Waals surface area (Å²) in [4.78, 5) is 13.1. The van der Waals surface area contributed by atoms with Crippen LogP contribution in [-0.4, -0.2) is 20.9 Å². The van der Waals surface area contributed by atoms with Crippen molar-refractivity contribution < 1.29 is 4.79 Å². The van der Waals surface area contributed by atoms with Crippen LogP contribution in [0.25, 0.3) is 16.7 Å². The minimum absolute atomic E-state index is 0.0208. The van der Waals surface area contributed by atoms with Crippen molar-refractivity contribution in [3.05, 3.63) is 47.0 Å². The standard InChI is InChI=1S/C16H15ClN4O/c1-3-16(22)18-13-9-15-14(8-10(13)2)19-21(20-15)12-6-4-11(17)5-7-12/h4-9H,3H2,1-2H3,(H,18,22). The fourth-order valence-corrected chi connectivity index (χ4v) is 2.26. The van der Waals surface area contributed by atoms with Gasteiger partial charge in [0, 0.05) is 17.1 Å². The molecule has 1 N–H and O–H groups in total. The Morgan fingerprint density at radius 3 is 2.45 bits per heavy atom. The third-order valence-corrected chi connectivity index (χ3v) is 3.63. The van der Waals surface area contributed by atoms with Gasteiger partial charge in [-0.25, -0.2) is 0 Å². The van der Waals surface area contributed by atoms with Crippen LogP contribution in [0.5, 0.6) is 0 Å². The molecule has 0 aliphatic carbocycles. The Morgan fingerprint density at radius 1 is 1.18 bits per heavy atom. The van der Waals surface area contributed by atoms with Gasteiger partial charge >= 0.3 is 0 Å². The van der Waals surface area contributed by atoms with Crippen molar-refractivity contribution in [1.82, 2.24) is 15.0 Å². The third-order valence-electron chi connectivity index (χ3n) is 3.38. The van der Waals surface area contributed by atoms with E-state index in [1.54, 1.807) is 16.9 Å². The highest BCUT2D eigenvalue weighted by molar-refractivity contribution is 6.30. The molecule has 0 radical (unpaired) electrons. The van der Waals surface area contributed by atoms with Gasteiger partial charge in [-0.2, -0.15) is 4.80 Å². The molecule has 0 aliphatic heterocycles. The molecule has 0 saturated carbocycles. The average molecular weight is 315 g/mol. The summed E-state index contributed by atoms with van der Waals surface area (Å²) in [6.45, 7) is 3.76. The lowest BCUT2D eigenvalue weighted by molar-refractivity contribution is -0.115. The predicted octanol–water partition coefficient (Wildman–Crippen LogP) is 3.73. The zero-order valence-corrected chi connectivity index (χ0v) is 13.1. The molecule has 1 aromatic heterocycles. The quantitative estimate of drug-likeness (QED) is 0.801. The van der Waals surface area contributed by atoms with Crippen LogP contribution in [0.2, 0.25) is 5.02 Å². The number of benzene rings is 2. The van der Waals surface area contributed by atoms with Crippen molar-refractivity contribution in [3.63, 3.8) is 0 Å². The van der Waals surface area contributed by atoms with E-state index < -0.39 is 0 Å². The number of rotatable bonds is 3. The van der Waals surface area contributed by atoms with Gasteiger partial charge in [-0.05, 0) is 48.9 Å². The molecule has 22 heavy (non-hydrogen) atoms. The second kappa shape index (κ2) is 5.77. The van der Waals surface area contributed by atoms with Gasteiger partial charge in [0.1, 0.15) is 11.0 Å². The number of carbonyl (C=O) groups excluding carboxylic acids is 1. The number of halogens is 1. The van der Waals surface area contributed by atoms with Gasteiger partial charge in [-0.15, -0.1) is 10.2 Å². The van der Waals surface area contributed by atoms with E-state index in [0.29, 0.717) is 11.4 Å². The second-order valence-electron chi connectivity index (χ2n) is 5.02. The maximum Gasteiger partial charge on any atom is 0.224 e. The molecule has 3 rings (SSSR count). The molecule has 3 aromatic rings. The molecule has 2 aromatic carbocycles. The number of nitrogens with one attached hydrogen (secondary N) is 1. The van der Waals surface area contributed by atoms with Crippen molar-refractivity contribution in [2.24, 2.45) is 0 Å². The lowest BCUT2D eigenvalue weighted by atomic mass is 10.1. The van der Waals surface area contributed by atoms with Crippen molar-refractivity contribution in [1.29, 1.82) is 0 Å². The van der Waals surface area contributed by atoms with Gasteiger partial charge in [0.25, 0.3) is 0 Å². The zero-order chi connectivity index (χ0) is 15.7. The average Bonchev–Trinajstić information content (AvgIpc) is 2.90. The van der Waals surface area contributed by atoms with E-state index in [9.17, 15) is 4.79 Å². The summed E-state index contributed by atoms with van der Waals surface area (Å²) in [7, 11) is 0. The Hall–Kier alpha value is -2.40. The van der Waals surface area contributed by atoms with E-state index in [2.05, 4.69) is 15.5 Å². The van der Waals surface area contributed by atoms with Crippen LogP contribution < -0.4 is 5.32 Å². The number of aryl methyl sites for hydroxylation is 1. The first-order chi connectivity index (χ1) is 10.6. The van der Waals surface area contributed by atoms with Crippen LogP contribution in [0.15, 0.2) is 36.4 Å². The number of amides is 1. The van der Waals surface area contributed by atoms with Crippen molar-refractivity contribution in [2.75, 3.05) is 5.32 Å². The monoisotopic (exact) mass is 314 g/mol. The van der Waals surface area contributed by atoms with Gasteiger partial charge in [-0.3, -0.25) is 4.79 Å². The molecule has 0 unspecified atom stereocenters. The van der Waals surface area contributed by atoms with Gasteiger partial charge < -0.3 is 5.32 Å². The number of hydrogen-bond acceptors (Lipinski definition) is 3. The minimum Gasteiger partial charge on any atom is -0.326 e. The Balaban J connectivity index is 2.02. The van der Waals surface area contributed by atoms with Crippen molar-refractivity contribution >= 4 is 34.2 Å². The molecule has 0 spiro atoms. The molecular weight excluding hydrogens is 300 g/mol. The van der Waals surface area contributed by atoms with E-state index in [4.69, 9.17) is 11.6 Å². The summed E-state index contributed by atoms with van der Waals surface area (Å²) in [5, 5.41) is 12.5. The summed E-state index contributed by atoms with van der Waals surface area (Å²) >= 11 is 5.89. The number of anilines is 1. The molecule has 6 heteroatoms. The zero-order valence-electron chi connectivity index (χ0n) is 12.3. The molecule has 0 aliphatic rings. The van der Waals surface area contributed by atoms with E-state index >= 15 is 0 Å². The molecule has 0 saturated heterocycles. The molecule has 0 bridgehead atoms. The fourth-order valence-electron chi connectivity index (χ4n) is 2.13. The van der Waals surface area contributed by atoms with Crippen LogP contribution in [0, 0.1) is 6.92 Å². The summed E-state index contributed by atoms with van der Waals surface area (Å²) in [6.07, 6.45) is 0.439. The SMILES string of the molecule is CCC(=O)Nc1cc2nn(-c3ccc(Cl)cc3)nc2cc1C. The number of carbonyl (C=O) groups is 1. The Morgan fingerprint density at radius 2 is 1.82 bits per heavy atom. The van der Waals surface area contributed by atoms with E-state index in [1.165, 1.54) is 0 Å². The van der Waals surface area contributed by atoms with Gasteiger partial charge in [-0.1, -0.05) is 18.5 Å². The van der Waals surface area contributed by atoms with Crippen molar-refractivity contribution in [3.8, 4) is 5.69 Å². The first kappa shape index (κ1) is 14.5. The highest BCUT2D eigenvalue weighted by atomic mass is 35.5. The Bertz CT molecular complexity index is 839. The Labute approximate surface area is 132 Å². The van der Waals surface area contributed by atoms with Crippen molar-refractivity contribution in [2.45, 2.75) is 20.3 Å². The maximum absolute atomic E-state index is 11.6. The fraction of sp³-hybridized carbons (Fsp3) is 0.188. The van der Waals surface area contributed by atoms with Crippen LogP contribution in [0.1, 0.15) is 18.9 Å². The number of aromatic nitrogens is 3. The van der Waals surface area contributed by atoms with E-state index in [-0.39, 0.29) is 5.91 Å². The second-order valence-corrected chi connectivity index (χ2v) is 5.46. The lowest BCUT2D eigenvalue weighted by Gasteiger charge is -2.06. The van der Waals surface area contributed by atoms with Crippen LogP contribution in [-0.2, 0) is 4.79 Å². The molecule has 0 fully saturated rings. The first-order valence-corrected chi connectivity index (χ1v) is 7.38. The molecular formula is C16H15ClN4O. The number of fused-ring (bicyclic) bond motifs is 1. The smallest absolute Gasteiger partial charge is 0.224 e. The largest absolute Gasteiger partial charge is 0.326 e. The Kier molecular flexibility index (Phi) is 3.81. The summed E-state index contributed by atoms with van der Waals surface area (Å²) < 4.78 is 0. The van der Waals surface area contributed by atoms with E-state index in [0.717, 1.165) is 28.0 Å². The van der Waals surface area contributed by atoms with Gasteiger partial charge in [0.05, 0.1) is 5.69 Å². The topological polar surface area (TPSA) is 59.8 Å². The van der Waals surface area contributed by atoms with E-state index in [1.807, 2.05) is 38.1 Å². The molecule has 1 heterocycles. The third kappa shape index (κ3) is 2.80. The normalized spacial score (nSPS) is 10.9. The lowest BCUT2D eigenvalue weighted by Crippen LogP contribution is -2.10. The molecule has 0 atom stereocenters. The highest BCUT2D eigenvalue weighted by Crippen LogP contribution is 2.22. The predicted molar refractivity (Wildman–Crippen MR) is 87.5 cm³/mol. The highest BCUT2D eigenvalue weighted by Gasteiger charge is 2.09. The minimum atomic E-state index is -0.0208. The summed E-state index contributed by atoms with van der Waals surface area (Å²) in [5.41, 5.74) is 4.06. The summed E-state index contributed by atoms with van der Waals surface area (Å²) in [6, 6.07) is 11.1. The van der Waals surface area contributed by atoms with Crippen LogP contribution in [0.4, 0.5) is 5.69 Å². The number of nitrogens with zero attached hydrogens (tertiary/aromatic N) is 3. The van der Waals surface area contributed by atoms with Crippen LogP contribution >= 0.6 is 11.6 Å². The van der Waals surface area contributed by atoms with Gasteiger partial charge in [0.15, 0.2) is 0 Å². The number of hydrogen-bond donors (Lipinski definition) is 1. The maximum atomic E-state index is 11.6. The van der Waals surface area contributed by atoms with Gasteiger partial charge in [0.2, 0.25) is 5.91 Å². The van der Waals surface area contributed by atoms with Crippen LogP contribution in [0.3, 0.4) is 0 Å².